The number of amides is 3. The highest BCUT2D eigenvalue weighted by Gasteiger charge is 2.35. The van der Waals surface area contributed by atoms with E-state index in [1.54, 1.807) is 18.2 Å². The fraction of sp³-hybridized carbons (Fsp3) is 0.115. The van der Waals surface area contributed by atoms with Crippen LogP contribution < -0.4 is 16.0 Å². The van der Waals surface area contributed by atoms with Crippen LogP contribution in [0.15, 0.2) is 57.5 Å². The number of alkyl halides is 3. The zero-order chi connectivity index (χ0) is 30.2. The van der Waals surface area contributed by atoms with E-state index < -0.39 is 29.5 Å². The van der Waals surface area contributed by atoms with Gasteiger partial charge in [0.25, 0.3) is 5.91 Å². The van der Waals surface area contributed by atoms with Crippen LogP contribution in [0.1, 0.15) is 29.9 Å². The minimum Gasteiger partial charge on any atom is -0.355 e. The molecule has 214 valence electrons. The lowest BCUT2D eigenvalue weighted by Gasteiger charge is -2.17. The predicted molar refractivity (Wildman–Crippen MR) is 148 cm³/mol. The number of halogens is 4. The Morgan fingerprint density at radius 3 is 2.31 bits per heavy atom. The number of hydrogen-bond donors (Lipinski definition) is 4. The van der Waals surface area contributed by atoms with E-state index in [4.69, 9.17) is 4.52 Å². The van der Waals surface area contributed by atoms with Gasteiger partial charge in [-0.25, -0.2) is 0 Å². The number of rotatable bonds is 6. The van der Waals surface area contributed by atoms with Gasteiger partial charge in [-0.1, -0.05) is 27.2 Å². The number of carbonyl (C=O) groups is 3. The Hall–Kier alpha value is -5.12. The molecule has 0 bridgehead atoms. The summed E-state index contributed by atoms with van der Waals surface area (Å²) in [7, 11) is 0. The lowest BCUT2D eigenvalue weighted by atomic mass is 9.95. The Morgan fingerprint density at radius 2 is 1.64 bits per heavy atom. The van der Waals surface area contributed by atoms with E-state index in [2.05, 4.69) is 57.7 Å². The molecule has 0 saturated heterocycles. The van der Waals surface area contributed by atoms with Crippen LogP contribution in [0.2, 0.25) is 0 Å². The summed E-state index contributed by atoms with van der Waals surface area (Å²) in [6.45, 7) is 2.36. The van der Waals surface area contributed by atoms with Crippen molar-refractivity contribution in [1.82, 2.24) is 25.8 Å². The summed E-state index contributed by atoms with van der Waals surface area (Å²) in [6, 6.07) is 10.7. The number of nitrogens with zero attached hydrogens (tertiary/aromatic N) is 4. The molecule has 5 rings (SSSR count). The van der Waals surface area contributed by atoms with Crippen LogP contribution >= 0.6 is 15.9 Å². The van der Waals surface area contributed by atoms with Gasteiger partial charge in [-0.05, 0) is 53.2 Å². The van der Waals surface area contributed by atoms with Gasteiger partial charge in [-0.2, -0.15) is 18.4 Å². The van der Waals surface area contributed by atoms with E-state index in [9.17, 15) is 27.6 Å². The molecule has 0 aliphatic carbocycles. The molecule has 42 heavy (non-hydrogen) atoms. The number of H-pyrrole nitrogens is 1. The van der Waals surface area contributed by atoms with Gasteiger partial charge in [-0.3, -0.25) is 14.4 Å². The first-order valence-electron chi connectivity index (χ1n) is 12.0. The normalized spacial score (nSPS) is 11.4. The zero-order valence-electron chi connectivity index (χ0n) is 21.6. The first-order valence-corrected chi connectivity index (χ1v) is 12.7. The summed E-state index contributed by atoms with van der Waals surface area (Å²) >= 11 is 3.35. The molecule has 12 nitrogen and oxygen atoms in total. The maximum atomic E-state index is 14.1. The maximum Gasteiger partial charge on any atom is 0.417 e. The van der Waals surface area contributed by atoms with Crippen LogP contribution in [-0.2, 0) is 15.8 Å². The highest BCUT2D eigenvalue weighted by atomic mass is 79.9. The van der Waals surface area contributed by atoms with Gasteiger partial charge in [-0.15, -0.1) is 10.2 Å². The van der Waals surface area contributed by atoms with Crippen molar-refractivity contribution in [2.45, 2.75) is 20.0 Å². The molecule has 0 aliphatic heterocycles. The van der Waals surface area contributed by atoms with Crippen molar-refractivity contribution < 1.29 is 32.1 Å². The molecule has 5 aromatic rings. The average molecular weight is 643 g/mol. The summed E-state index contributed by atoms with van der Waals surface area (Å²) in [5.41, 5.74) is -0.967. The van der Waals surface area contributed by atoms with E-state index in [0.29, 0.717) is 15.7 Å². The minimum atomic E-state index is -4.82. The standard InChI is InChI=1S/C26H18BrF3N8O4/c1-11(39)31-14-4-5-15(19(8-14)26(28,29)30)16-10-22-18(9-21(16)32-12(2)40)23(36-42-22)25(41)33-20-6-3-13(27)7-17(20)24-34-37-38-35-24/h3-10H,1-2H3,(H,31,39)(H,32,40)(H,33,41)(H,34,35,37,38). The highest BCUT2D eigenvalue weighted by Crippen LogP contribution is 2.43. The number of aromatic nitrogens is 5. The van der Waals surface area contributed by atoms with Gasteiger partial charge in [0, 0.05) is 40.8 Å². The maximum absolute atomic E-state index is 14.1. The van der Waals surface area contributed by atoms with E-state index in [-0.39, 0.29) is 45.0 Å². The van der Waals surface area contributed by atoms with Gasteiger partial charge in [0.2, 0.25) is 17.6 Å². The number of hydrogen-bond acceptors (Lipinski definition) is 8. The third kappa shape index (κ3) is 5.83. The molecule has 0 aliphatic rings. The molecular weight excluding hydrogens is 625 g/mol. The number of carbonyl (C=O) groups excluding carboxylic acids is 3. The van der Waals surface area contributed by atoms with Crippen LogP contribution in [0.3, 0.4) is 0 Å². The van der Waals surface area contributed by atoms with E-state index in [0.717, 1.165) is 12.1 Å². The number of fused-ring (bicyclic) bond motifs is 1. The van der Waals surface area contributed by atoms with Crippen LogP contribution in [0.4, 0.5) is 30.2 Å². The molecule has 2 aromatic heterocycles. The van der Waals surface area contributed by atoms with E-state index in [1.165, 1.54) is 32.0 Å². The molecule has 0 atom stereocenters. The molecule has 0 spiro atoms. The van der Waals surface area contributed by atoms with Crippen molar-refractivity contribution in [1.29, 1.82) is 0 Å². The van der Waals surface area contributed by atoms with Gasteiger partial charge in [0.05, 0.1) is 16.6 Å². The SMILES string of the molecule is CC(=O)Nc1ccc(-c2cc3onc(C(=O)Nc4ccc(Br)cc4-c4nn[nH]n4)c3cc2NC(C)=O)c(C(F)(F)F)c1. The fourth-order valence-corrected chi connectivity index (χ4v) is 4.59. The third-order valence-corrected chi connectivity index (χ3v) is 6.38. The van der Waals surface area contributed by atoms with Crippen molar-refractivity contribution >= 4 is 61.7 Å². The molecule has 2 heterocycles. The second-order valence-corrected chi connectivity index (χ2v) is 9.84. The number of tetrazole rings is 1. The molecule has 3 aromatic carbocycles. The monoisotopic (exact) mass is 642 g/mol. The van der Waals surface area contributed by atoms with Gasteiger partial charge >= 0.3 is 6.18 Å². The molecule has 0 fully saturated rings. The lowest BCUT2D eigenvalue weighted by Crippen LogP contribution is -2.14. The van der Waals surface area contributed by atoms with Gasteiger partial charge in [0.15, 0.2) is 11.3 Å². The molecular formula is C26H18BrF3N8O4. The van der Waals surface area contributed by atoms with Crippen molar-refractivity contribution in [3.63, 3.8) is 0 Å². The first kappa shape index (κ1) is 28.4. The van der Waals surface area contributed by atoms with Crippen LogP contribution in [0.25, 0.3) is 33.5 Å². The van der Waals surface area contributed by atoms with Gasteiger partial charge < -0.3 is 20.5 Å². The number of aromatic amines is 1. The third-order valence-electron chi connectivity index (χ3n) is 5.89. The summed E-state index contributed by atoms with van der Waals surface area (Å²) in [6.07, 6.45) is -4.82. The number of anilines is 3. The lowest BCUT2D eigenvalue weighted by molar-refractivity contribution is -0.137. The van der Waals surface area contributed by atoms with Crippen LogP contribution in [-0.4, -0.2) is 43.5 Å². The molecule has 0 saturated carbocycles. The van der Waals surface area contributed by atoms with E-state index >= 15 is 0 Å². The van der Waals surface area contributed by atoms with Crippen molar-refractivity contribution in [3.05, 3.63) is 64.3 Å². The Labute approximate surface area is 242 Å². The topological polar surface area (TPSA) is 168 Å². The quantitative estimate of drug-likeness (QED) is 0.185. The van der Waals surface area contributed by atoms with Crippen LogP contribution in [0, 0.1) is 0 Å². The summed E-state index contributed by atoms with van der Waals surface area (Å²) in [4.78, 5) is 36.8. The minimum absolute atomic E-state index is 0.0162. The Balaban J connectivity index is 1.60. The number of benzene rings is 3. The molecule has 4 N–H and O–H groups in total. The molecule has 0 unspecified atom stereocenters. The smallest absolute Gasteiger partial charge is 0.355 e. The van der Waals surface area contributed by atoms with Crippen LogP contribution in [0.5, 0.6) is 0 Å². The second kappa shape index (κ2) is 11.0. The van der Waals surface area contributed by atoms with Crippen molar-refractivity contribution in [3.8, 4) is 22.5 Å². The van der Waals surface area contributed by atoms with E-state index in [1.807, 2.05) is 0 Å². The average Bonchev–Trinajstić information content (AvgIpc) is 3.58. The van der Waals surface area contributed by atoms with Crippen molar-refractivity contribution in [2.24, 2.45) is 0 Å². The molecule has 3 amide bonds. The molecule has 16 heteroatoms. The highest BCUT2D eigenvalue weighted by molar-refractivity contribution is 9.10. The largest absolute Gasteiger partial charge is 0.417 e. The number of nitrogens with one attached hydrogen (secondary N) is 4. The predicted octanol–water partition coefficient (Wildman–Crippen LogP) is 5.63. The first-order chi connectivity index (χ1) is 19.9. The van der Waals surface area contributed by atoms with Gasteiger partial charge in [0.1, 0.15) is 0 Å². The second-order valence-electron chi connectivity index (χ2n) is 8.93. The summed E-state index contributed by atoms with van der Waals surface area (Å²) < 4.78 is 48.4. The Kier molecular flexibility index (Phi) is 7.47. The zero-order valence-corrected chi connectivity index (χ0v) is 23.1. The Morgan fingerprint density at radius 1 is 0.881 bits per heavy atom. The van der Waals surface area contributed by atoms with Crippen molar-refractivity contribution in [2.75, 3.05) is 16.0 Å². The summed E-state index contributed by atoms with van der Waals surface area (Å²) in [5, 5.41) is 25.3. The summed E-state index contributed by atoms with van der Waals surface area (Å²) in [5.74, 6) is -1.62. The molecule has 0 radical (unpaired) electrons. The Bertz CT molecular complexity index is 1850. The fourth-order valence-electron chi connectivity index (χ4n) is 4.23.